The molecule has 1 saturated heterocycles. The largest absolute Gasteiger partial charge is 0.478 e. The lowest BCUT2D eigenvalue weighted by molar-refractivity contribution is 0.0685. The predicted molar refractivity (Wildman–Crippen MR) is 152 cm³/mol. The molecule has 1 aliphatic heterocycles. The van der Waals surface area contributed by atoms with Gasteiger partial charge in [0, 0.05) is 5.69 Å². The Labute approximate surface area is 242 Å². The lowest BCUT2D eigenvalue weighted by atomic mass is 10.1. The van der Waals surface area contributed by atoms with Crippen LogP contribution in [-0.4, -0.2) is 76.2 Å². The van der Waals surface area contributed by atoms with E-state index < -0.39 is 70.4 Å². The van der Waals surface area contributed by atoms with E-state index in [1.165, 1.54) is 62.4 Å². The first-order chi connectivity index (χ1) is 19.4. The maximum Gasteiger partial charge on any atom is 0.335 e. The van der Waals surface area contributed by atoms with Gasteiger partial charge in [0.1, 0.15) is 0 Å². The van der Waals surface area contributed by atoms with Gasteiger partial charge in [0.25, 0.3) is 20.0 Å². The van der Waals surface area contributed by atoms with Crippen molar-refractivity contribution in [3.05, 3.63) is 82.9 Å². The number of hydrogen-bond donors (Lipinski definition) is 4. The Morgan fingerprint density at radius 2 is 1.31 bits per heavy atom. The van der Waals surface area contributed by atoms with Crippen molar-refractivity contribution in [2.75, 3.05) is 20.5 Å². The molecule has 0 radical (unpaired) electrons. The standard InChI is InChI=1S/C26H26N2O11S3/c1-15-3-5-17(25(30)31)11-23(15)41(36,37)27-19-7-9-20(10-8-19)28(21-13-40(34,35)14-22(21)29)42(38,39)24-12-18(26(32)33)6-4-16(24)2/h3-12,21-22,27,29H,13-14H2,1-2H3,(H,30,31)(H,32,33)/t21-,22+/m0/s1. The average Bonchev–Trinajstić information content (AvgIpc) is 3.16. The molecule has 4 N–H and O–H groups in total. The van der Waals surface area contributed by atoms with Crippen molar-refractivity contribution in [3.8, 4) is 0 Å². The van der Waals surface area contributed by atoms with Crippen LogP contribution >= 0.6 is 0 Å². The fourth-order valence-electron chi connectivity index (χ4n) is 4.57. The van der Waals surface area contributed by atoms with Gasteiger partial charge >= 0.3 is 11.9 Å². The van der Waals surface area contributed by atoms with Crippen molar-refractivity contribution in [2.24, 2.45) is 0 Å². The number of rotatable bonds is 9. The number of carbonyl (C=O) groups is 2. The van der Waals surface area contributed by atoms with Gasteiger partial charge in [-0.1, -0.05) is 12.1 Å². The Kier molecular flexibility index (Phi) is 8.12. The Bertz CT molecular complexity index is 1900. The lowest BCUT2D eigenvalue weighted by Crippen LogP contribution is -2.47. The molecule has 0 unspecified atom stereocenters. The second-order valence-corrected chi connectivity index (χ2v) is 15.3. The fourth-order valence-corrected chi connectivity index (χ4v) is 9.70. The predicted octanol–water partition coefficient (Wildman–Crippen LogP) is 1.85. The van der Waals surface area contributed by atoms with Crippen LogP contribution in [0, 0.1) is 13.8 Å². The van der Waals surface area contributed by atoms with Crippen LogP contribution in [0.25, 0.3) is 0 Å². The molecule has 1 aliphatic rings. The lowest BCUT2D eigenvalue weighted by Gasteiger charge is -2.32. The zero-order valence-corrected chi connectivity index (χ0v) is 24.6. The van der Waals surface area contributed by atoms with Crippen LogP contribution in [-0.2, 0) is 29.9 Å². The average molecular weight is 639 g/mol. The molecule has 0 saturated carbocycles. The number of aliphatic hydroxyl groups is 1. The van der Waals surface area contributed by atoms with Gasteiger partial charge < -0.3 is 15.3 Å². The Morgan fingerprint density at radius 3 is 1.79 bits per heavy atom. The summed E-state index contributed by atoms with van der Waals surface area (Å²) in [5, 5.41) is 29.2. The first kappa shape index (κ1) is 31.0. The highest BCUT2D eigenvalue weighted by Gasteiger charge is 2.45. The molecule has 0 spiro atoms. The maximum atomic E-state index is 14.0. The molecule has 1 heterocycles. The van der Waals surface area contributed by atoms with E-state index in [0.29, 0.717) is 4.31 Å². The number of aliphatic hydroxyl groups excluding tert-OH is 1. The van der Waals surface area contributed by atoms with E-state index in [1.807, 2.05) is 0 Å². The van der Waals surface area contributed by atoms with Crippen molar-refractivity contribution in [1.82, 2.24) is 0 Å². The van der Waals surface area contributed by atoms with Crippen molar-refractivity contribution in [3.63, 3.8) is 0 Å². The van der Waals surface area contributed by atoms with E-state index in [-0.39, 0.29) is 38.5 Å². The van der Waals surface area contributed by atoms with Crippen molar-refractivity contribution in [1.29, 1.82) is 0 Å². The smallest absolute Gasteiger partial charge is 0.335 e. The quantitative estimate of drug-likeness (QED) is 0.265. The molecule has 3 aromatic rings. The normalized spacial score (nSPS) is 18.4. The third-order valence-corrected chi connectivity index (χ3v) is 11.9. The minimum Gasteiger partial charge on any atom is -0.478 e. The van der Waals surface area contributed by atoms with Gasteiger partial charge in [-0.05, 0) is 73.5 Å². The van der Waals surface area contributed by atoms with Crippen LogP contribution in [0.2, 0.25) is 0 Å². The zero-order valence-electron chi connectivity index (χ0n) is 22.1. The summed E-state index contributed by atoms with van der Waals surface area (Å²) in [5.41, 5.74) is -0.279. The zero-order chi connectivity index (χ0) is 31.2. The van der Waals surface area contributed by atoms with Gasteiger partial charge in [-0.2, -0.15) is 0 Å². The van der Waals surface area contributed by atoms with E-state index >= 15 is 0 Å². The van der Waals surface area contributed by atoms with E-state index in [2.05, 4.69) is 4.72 Å². The summed E-state index contributed by atoms with van der Waals surface area (Å²) in [6, 6.07) is 10.4. The molecule has 0 aromatic heterocycles. The number of anilines is 2. The molecule has 0 aliphatic carbocycles. The molecule has 2 atom stereocenters. The molecule has 13 nitrogen and oxygen atoms in total. The number of aryl methyl sites for hydroxylation is 2. The van der Waals surface area contributed by atoms with Crippen LogP contribution in [0.4, 0.5) is 11.4 Å². The fraction of sp³-hybridized carbons (Fsp3) is 0.231. The van der Waals surface area contributed by atoms with Crippen molar-refractivity contribution >= 4 is 53.2 Å². The van der Waals surface area contributed by atoms with Gasteiger partial charge in [-0.3, -0.25) is 9.03 Å². The number of nitrogens with zero attached hydrogens (tertiary/aromatic N) is 1. The Balaban J connectivity index is 1.77. The minimum absolute atomic E-state index is 0.0279. The van der Waals surface area contributed by atoms with Crippen LogP contribution in [0.5, 0.6) is 0 Å². The molecule has 0 bridgehead atoms. The number of aromatic carboxylic acids is 2. The van der Waals surface area contributed by atoms with Gasteiger partial charge in [-0.15, -0.1) is 0 Å². The van der Waals surface area contributed by atoms with E-state index in [4.69, 9.17) is 0 Å². The number of carboxylic acids is 2. The highest BCUT2D eigenvalue weighted by atomic mass is 32.2. The number of benzene rings is 3. The van der Waals surface area contributed by atoms with E-state index in [1.54, 1.807) is 0 Å². The summed E-state index contributed by atoms with van der Waals surface area (Å²) in [4.78, 5) is 22.2. The Hall–Kier alpha value is -3.99. The van der Waals surface area contributed by atoms with Crippen molar-refractivity contribution < 1.29 is 50.2 Å². The van der Waals surface area contributed by atoms with E-state index in [0.717, 1.165) is 12.1 Å². The second kappa shape index (κ2) is 11.0. The molecule has 42 heavy (non-hydrogen) atoms. The Morgan fingerprint density at radius 1 is 0.810 bits per heavy atom. The molecule has 1 fully saturated rings. The maximum absolute atomic E-state index is 14.0. The number of sulfone groups is 1. The van der Waals surface area contributed by atoms with Crippen LogP contribution in [0.15, 0.2) is 70.5 Å². The molecule has 3 aromatic carbocycles. The highest BCUT2D eigenvalue weighted by molar-refractivity contribution is 7.93. The minimum atomic E-state index is -4.67. The van der Waals surface area contributed by atoms with Crippen LogP contribution in [0.3, 0.4) is 0 Å². The highest BCUT2D eigenvalue weighted by Crippen LogP contribution is 2.34. The van der Waals surface area contributed by atoms with Crippen LogP contribution < -0.4 is 9.03 Å². The number of sulfonamides is 2. The van der Waals surface area contributed by atoms with Gasteiger partial charge in [-0.25, -0.2) is 34.8 Å². The SMILES string of the molecule is Cc1ccc(C(=O)O)cc1S(=O)(=O)Nc1ccc(N([C@H]2CS(=O)(=O)C[C@H]2O)S(=O)(=O)c2cc(C(=O)O)ccc2C)cc1. The summed E-state index contributed by atoms with van der Waals surface area (Å²) in [7, 11) is -12.8. The first-order valence-corrected chi connectivity index (χ1v) is 16.9. The van der Waals surface area contributed by atoms with E-state index in [9.17, 15) is 50.2 Å². The molecule has 224 valence electrons. The monoisotopic (exact) mass is 638 g/mol. The number of carboxylic acid groups (broad SMARTS) is 2. The number of hydrogen-bond acceptors (Lipinski definition) is 9. The third-order valence-electron chi connectivity index (χ3n) is 6.67. The molecule has 16 heteroatoms. The van der Waals surface area contributed by atoms with Crippen molar-refractivity contribution in [2.45, 2.75) is 35.8 Å². The molecule has 4 rings (SSSR count). The summed E-state index contributed by atoms with van der Waals surface area (Å²) in [6.45, 7) is 2.91. The molecular weight excluding hydrogens is 612 g/mol. The second-order valence-electron chi connectivity index (χ2n) is 9.74. The first-order valence-electron chi connectivity index (χ1n) is 12.2. The number of nitrogens with one attached hydrogen (secondary N) is 1. The summed E-state index contributed by atoms with van der Waals surface area (Å²) >= 11 is 0. The van der Waals surface area contributed by atoms with Crippen LogP contribution in [0.1, 0.15) is 31.8 Å². The summed E-state index contributed by atoms with van der Waals surface area (Å²) < 4.78 is 81.7. The third kappa shape index (κ3) is 6.11. The van der Waals surface area contributed by atoms with Gasteiger partial charge in [0.2, 0.25) is 0 Å². The van der Waals surface area contributed by atoms with Gasteiger partial charge in [0.05, 0.1) is 50.3 Å². The summed E-state index contributed by atoms with van der Waals surface area (Å²) in [6.07, 6.45) is -1.60. The van der Waals surface area contributed by atoms with Gasteiger partial charge in [0.15, 0.2) is 9.84 Å². The molecule has 0 amide bonds. The summed E-state index contributed by atoms with van der Waals surface area (Å²) in [5.74, 6) is -4.11. The topological polar surface area (TPSA) is 213 Å². The molecular formula is C26H26N2O11S3.